The summed E-state index contributed by atoms with van der Waals surface area (Å²) in [5.41, 5.74) is 11.3. The van der Waals surface area contributed by atoms with Crippen LogP contribution in [0.25, 0.3) is 0 Å². The van der Waals surface area contributed by atoms with Crippen LogP contribution in [0.3, 0.4) is 0 Å². The molecule has 0 amide bonds. The molecule has 1 unspecified atom stereocenters. The van der Waals surface area contributed by atoms with E-state index in [1.165, 1.54) is 22.4 Å². The molecule has 21 heavy (non-hydrogen) atoms. The van der Waals surface area contributed by atoms with Crippen molar-refractivity contribution in [1.82, 2.24) is 0 Å². The minimum Gasteiger partial charge on any atom is -0.363 e. The fraction of sp³-hybridized carbons (Fsp3) is 0.368. The first-order valence-electron chi connectivity index (χ1n) is 7.81. The zero-order valence-corrected chi connectivity index (χ0v) is 13.3. The van der Waals surface area contributed by atoms with E-state index in [0.29, 0.717) is 6.54 Å². The van der Waals surface area contributed by atoms with E-state index < -0.39 is 0 Å². The lowest BCUT2D eigenvalue weighted by Gasteiger charge is -2.32. The zero-order chi connectivity index (χ0) is 15.2. The van der Waals surface area contributed by atoms with Gasteiger partial charge in [-0.15, -0.1) is 0 Å². The quantitative estimate of drug-likeness (QED) is 0.865. The first kappa shape index (κ1) is 15.6. The second-order valence-electron chi connectivity index (χ2n) is 5.47. The number of likely N-dealkylation sites (N-methyl/N-ethyl adjacent to an activating group) is 1. The maximum atomic E-state index is 6.08. The SMILES string of the molecule is CCc1ccc(C(CN)N(CC)c2ccc(C)cc2)cc1. The molecule has 0 saturated carbocycles. The van der Waals surface area contributed by atoms with Gasteiger partial charge in [-0.25, -0.2) is 0 Å². The molecule has 0 saturated heterocycles. The highest BCUT2D eigenvalue weighted by atomic mass is 15.2. The fourth-order valence-electron chi connectivity index (χ4n) is 2.74. The van der Waals surface area contributed by atoms with Crippen LogP contribution in [0.5, 0.6) is 0 Å². The molecule has 2 nitrogen and oxygen atoms in total. The van der Waals surface area contributed by atoms with Gasteiger partial charge >= 0.3 is 0 Å². The number of nitrogens with two attached hydrogens (primary N) is 1. The Bertz CT molecular complexity index is 543. The molecule has 0 aromatic heterocycles. The van der Waals surface area contributed by atoms with Crippen molar-refractivity contribution in [2.24, 2.45) is 5.73 Å². The Labute approximate surface area is 128 Å². The van der Waals surface area contributed by atoms with Gasteiger partial charge in [0, 0.05) is 18.8 Å². The van der Waals surface area contributed by atoms with Crippen molar-refractivity contribution in [3.8, 4) is 0 Å². The predicted molar refractivity (Wildman–Crippen MR) is 91.8 cm³/mol. The van der Waals surface area contributed by atoms with Crippen molar-refractivity contribution in [3.05, 3.63) is 65.2 Å². The summed E-state index contributed by atoms with van der Waals surface area (Å²) in [6.45, 7) is 8.04. The molecular weight excluding hydrogens is 256 g/mol. The highest BCUT2D eigenvalue weighted by molar-refractivity contribution is 5.50. The smallest absolute Gasteiger partial charge is 0.0664 e. The maximum absolute atomic E-state index is 6.08. The van der Waals surface area contributed by atoms with Crippen LogP contribution < -0.4 is 10.6 Å². The van der Waals surface area contributed by atoms with E-state index in [1.54, 1.807) is 0 Å². The lowest BCUT2D eigenvalue weighted by Crippen LogP contribution is -2.33. The van der Waals surface area contributed by atoms with Crippen LogP contribution in [-0.2, 0) is 6.42 Å². The van der Waals surface area contributed by atoms with Crippen molar-refractivity contribution in [2.45, 2.75) is 33.2 Å². The first-order valence-corrected chi connectivity index (χ1v) is 7.81. The molecule has 0 radical (unpaired) electrons. The topological polar surface area (TPSA) is 29.3 Å². The van der Waals surface area contributed by atoms with Crippen molar-refractivity contribution in [1.29, 1.82) is 0 Å². The van der Waals surface area contributed by atoms with E-state index in [1.807, 2.05) is 0 Å². The van der Waals surface area contributed by atoms with Gasteiger partial charge in [0.15, 0.2) is 0 Å². The lowest BCUT2D eigenvalue weighted by molar-refractivity contribution is 0.643. The third kappa shape index (κ3) is 3.64. The maximum Gasteiger partial charge on any atom is 0.0664 e. The van der Waals surface area contributed by atoms with Gasteiger partial charge in [0.2, 0.25) is 0 Å². The third-order valence-corrected chi connectivity index (χ3v) is 4.08. The van der Waals surface area contributed by atoms with Crippen LogP contribution in [-0.4, -0.2) is 13.1 Å². The minimum atomic E-state index is 0.226. The highest BCUT2D eigenvalue weighted by Gasteiger charge is 2.18. The van der Waals surface area contributed by atoms with Crippen LogP contribution in [0.2, 0.25) is 0 Å². The largest absolute Gasteiger partial charge is 0.363 e. The number of aryl methyl sites for hydroxylation is 2. The van der Waals surface area contributed by atoms with Crippen LogP contribution in [0, 0.1) is 6.92 Å². The first-order chi connectivity index (χ1) is 10.2. The second kappa shape index (κ2) is 7.28. The summed E-state index contributed by atoms with van der Waals surface area (Å²) in [6.07, 6.45) is 1.07. The molecule has 0 heterocycles. The second-order valence-corrected chi connectivity index (χ2v) is 5.47. The number of anilines is 1. The predicted octanol–water partition coefficient (Wildman–Crippen LogP) is 4.08. The molecule has 0 aliphatic carbocycles. The Morgan fingerprint density at radius 1 is 0.952 bits per heavy atom. The average molecular weight is 282 g/mol. The van der Waals surface area contributed by atoms with E-state index >= 15 is 0 Å². The molecule has 0 bridgehead atoms. The molecule has 2 heteroatoms. The van der Waals surface area contributed by atoms with Gasteiger partial charge in [-0.3, -0.25) is 0 Å². The molecule has 0 spiro atoms. The lowest BCUT2D eigenvalue weighted by atomic mass is 10.0. The number of nitrogens with zero attached hydrogens (tertiary/aromatic N) is 1. The van der Waals surface area contributed by atoms with Crippen molar-refractivity contribution < 1.29 is 0 Å². The Morgan fingerprint density at radius 2 is 1.57 bits per heavy atom. The van der Waals surface area contributed by atoms with Crippen LogP contribution >= 0.6 is 0 Å². The number of hydrogen-bond acceptors (Lipinski definition) is 2. The summed E-state index contributed by atoms with van der Waals surface area (Å²) in [6, 6.07) is 17.8. The molecule has 2 rings (SSSR count). The summed E-state index contributed by atoms with van der Waals surface area (Å²) in [7, 11) is 0. The van der Waals surface area contributed by atoms with Gasteiger partial charge in [-0.05, 0) is 43.5 Å². The summed E-state index contributed by atoms with van der Waals surface area (Å²) >= 11 is 0. The summed E-state index contributed by atoms with van der Waals surface area (Å²) in [5.74, 6) is 0. The third-order valence-electron chi connectivity index (χ3n) is 4.08. The van der Waals surface area contributed by atoms with Gasteiger partial charge in [0.1, 0.15) is 0 Å². The van der Waals surface area contributed by atoms with Gasteiger partial charge in [0.25, 0.3) is 0 Å². The number of rotatable bonds is 6. The van der Waals surface area contributed by atoms with E-state index in [9.17, 15) is 0 Å². The van der Waals surface area contributed by atoms with Crippen LogP contribution in [0.4, 0.5) is 5.69 Å². The van der Waals surface area contributed by atoms with E-state index in [-0.39, 0.29) is 6.04 Å². The van der Waals surface area contributed by atoms with Crippen molar-refractivity contribution >= 4 is 5.69 Å². The van der Waals surface area contributed by atoms with Gasteiger partial charge < -0.3 is 10.6 Å². The van der Waals surface area contributed by atoms with Crippen LogP contribution in [0.1, 0.15) is 36.6 Å². The van der Waals surface area contributed by atoms with E-state index in [2.05, 4.69) is 74.2 Å². The monoisotopic (exact) mass is 282 g/mol. The van der Waals surface area contributed by atoms with Gasteiger partial charge in [0.05, 0.1) is 6.04 Å². The molecular formula is C19H26N2. The minimum absolute atomic E-state index is 0.226. The molecule has 2 aromatic carbocycles. The van der Waals surface area contributed by atoms with Gasteiger partial charge in [-0.2, -0.15) is 0 Å². The normalized spacial score (nSPS) is 12.2. The number of hydrogen-bond donors (Lipinski definition) is 1. The fourth-order valence-corrected chi connectivity index (χ4v) is 2.74. The number of benzene rings is 2. The Balaban J connectivity index is 2.29. The summed E-state index contributed by atoms with van der Waals surface area (Å²) in [5, 5.41) is 0. The highest BCUT2D eigenvalue weighted by Crippen LogP contribution is 2.27. The zero-order valence-electron chi connectivity index (χ0n) is 13.3. The average Bonchev–Trinajstić information content (AvgIpc) is 2.54. The molecule has 0 fully saturated rings. The Hall–Kier alpha value is -1.80. The van der Waals surface area contributed by atoms with Gasteiger partial charge in [-0.1, -0.05) is 48.9 Å². The molecule has 0 aliphatic rings. The molecule has 0 aliphatic heterocycles. The van der Waals surface area contributed by atoms with E-state index in [0.717, 1.165) is 13.0 Å². The molecule has 112 valence electrons. The van der Waals surface area contributed by atoms with Crippen molar-refractivity contribution in [3.63, 3.8) is 0 Å². The van der Waals surface area contributed by atoms with Crippen molar-refractivity contribution in [2.75, 3.05) is 18.0 Å². The molecule has 2 aromatic rings. The standard InChI is InChI=1S/C19H26N2/c1-4-16-8-10-17(11-9-16)19(14-20)21(5-2)18-12-6-15(3)7-13-18/h6-13,19H,4-5,14,20H2,1-3H3. The van der Waals surface area contributed by atoms with Crippen LogP contribution in [0.15, 0.2) is 48.5 Å². The molecule has 1 atom stereocenters. The van der Waals surface area contributed by atoms with E-state index in [4.69, 9.17) is 5.73 Å². The Kier molecular flexibility index (Phi) is 5.40. The molecule has 2 N–H and O–H groups in total. The Morgan fingerprint density at radius 3 is 2.05 bits per heavy atom. The summed E-state index contributed by atoms with van der Waals surface area (Å²) in [4.78, 5) is 2.38. The summed E-state index contributed by atoms with van der Waals surface area (Å²) < 4.78 is 0.